The van der Waals surface area contributed by atoms with Crippen LogP contribution in [0.25, 0.3) is 11.4 Å². The summed E-state index contributed by atoms with van der Waals surface area (Å²) >= 11 is 12.0. The third-order valence-electron chi connectivity index (χ3n) is 2.21. The fourth-order valence-electron chi connectivity index (χ4n) is 1.37. The first-order chi connectivity index (χ1) is 8.47. The average molecular weight is 284 g/mol. The van der Waals surface area contributed by atoms with Gasteiger partial charge >= 0.3 is 0 Å². The Morgan fingerprint density at radius 2 is 1.83 bits per heavy atom. The molecule has 0 fully saturated rings. The lowest BCUT2D eigenvalue weighted by molar-refractivity contribution is 0.970. The van der Waals surface area contributed by atoms with E-state index in [2.05, 4.69) is 15.0 Å². The molecule has 0 amide bonds. The number of nitrogens with zero attached hydrogens (tertiary/aromatic N) is 4. The number of anilines is 2. The molecule has 2 N–H and O–H groups in total. The van der Waals surface area contributed by atoms with E-state index in [0.29, 0.717) is 27.4 Å². The maximum atomic E-state index is 6.10. The Kier molecular flexibility index (Phi) is 3.54. The molecule has 5 nitrogen and oxygen atoms in total. The van der Waals surface area contributed by atoms with Gasteiger partial charge in [-0.25, -0.2) is 0 Å². The molecule has 0 spiro atoms. The van der Waals surface area contributed by atoms with Crippen molar-refractivity contribution in [3.05, 3.63) is 28.2 Å². The Morgan fingerprint density at radius 1 is 1.11 bits per heavy atom. The van der Waals surface area contributed by atoms with E-state index in [1.807, 2.05) is 14.1 Å². The molecule has 94 valence electrons. The topological polar surface area (TPSA) is 67.9 Å². The van der Waals surface area contributed by atoms with Gasteiger partial charge in [0.15, 0.2) is 5.82 Å². The van der Waals surface area contributed by atoms with Gasteiger partial charge in [-0.05, 0) is 18.2 Å². The van der Waals surface area contributed by atoms with Gasteiger partial charge in [-0.3, -0.25) is 0 Å². The minimum Gasteiger partial charge on any atom is -0.368 e. The van der Waals surface area contributed by atoms with Crippen LogP contribution in [0.5, 0.6) is 0 Å². The van der Waals surface area contributed by atoms with Crippen LogP contribution >= 0.6 is 23.2 Å². The van der Waals surface area contributed by atoms with Crippen molar-refractivity contribution in [3.8, 4) is 11.4 Å². The molecule has 0 saturated carbocycles. The van der Waals surface area contributed by atoms with Gasteiger partial charge in [0.05, 0.1) is 5.02 Å². The minimum absolute atomic E-state index is 0.139. The van der Waals surface area contributed by atoms with Gasteiger partial charge in [0.1, 0.15) is 0 Å². The summed E-state index contributed by atoms with van der Waals surface area (Å²) in [6.07, 6.45) is 0. The second-order valence-corrected chi connectivity index (χ2v) is 4.68. The minimum atomic E-state index is 0.139. The average Bonchev–Trinajstić information content (AvgIpc) is 2.31. The number of halogens is 2. The Labute approximate surface area is 115 Å². The quantitative estimate of drug-likeness (QED) is 0.917. The number of aromatic nitrogens is 3. The highest BCUT2D eigenvalue weighted by atomic mass is 35.5. The lowest BCUT2D eigenvalue weighted by atomic mass is 10.2. The highest BCUT2D eigenvalue weighted by Gasteiger charge is 2.11. The molecule has 0 atom stereocenters. The van der Waals surface area contributed by atoms with Gasteiger partial charge in [-0.2, -0.15) is 15.0 Å². The number of hydrogen-bond donors (Lipinski definition) is 1. The van der Waals surface area contributed by atoms with Gasteiger partial charge in [-0.15, -0.1) is 0 Å². The third kappa shape index (κ3) is 2.63. The van der Waals surface area contributed by atoms with Crippen molar-refractivity contribution in [2.75, 3.05) is 24.7 Å². The molecule has 0 aliphatic rings. The van der Waals surface area contributed by atoms with E-state index in [9.17, 15) is 0 Å². The van der Waals surface area contributed by atoms with Crippen LogP contribution in [0.4, 0.5) is 11.9 Å². The maximum Gasteiger partial charge on any atom is 0.230 e. The molecule has 0 unspecified atom stereocenters. The zero-order valence-corrected chi connectivity index (χ0v) is 11.4. The normalized spacial score (nSPS) is 10.4. The molecule has 0 saturated heterocycles. The van der Waals surface area contributed by atoms with E-state index >= 15 is 0 Å². The Morgan fingerprint density at radius 3 is 2.50 bits per heavy atom. The smallest absolute Gasteiger partial charge is 0.230 e. The Bertz CT molecular complexity index is 586. The fraction of sp³-hybridized carbons (Fsp3) is 0.182. The molecule has 0 aliphatic carbocycles. The number of hydrogen-bond acceptors (Lipinski definition) is 5. The van der Waals surface area contributed by atoms with Gasteiger partial charge < -0.3 is 10.6 Å². The van der Waals surface area contributed by atoms with Crippen LogP contribution in [-0.2, 0) is 0 Å². The SMILES string of the molecule is CN(C)c1nc(N)nc(-c2cc(Cl)ccc2Cl)n1. The first-order valence-electron chi connectivity index (χ1n) is 5.11. The summed E-state index contributed by atoms with van der Waals surface area (Å²) in [6.45, 7) is 0. The molecule has 0 bridgehead atoms. The standard InChI is InChI=1S/C11H11Cl2N5/c1-18(2)11-16-9(15-10(14)17-11)7-5-6(12)3-4-8(7)13/h3-5H,1-2H3,(H2,14,15,16,17). The molecule has 1 aromatic heterocycles. The molecular formula is C11H11Cl2N5. The second kappa shape index (κ2) is 4.96. The van der Waals surface area contributed by atoms with Gasteiger partial charge in [0.25, 0.3) is 0 Å². The molecule has 7 heteroatoms. The maximum absolute atomic E-state index is 6.10. The summed E-state index contributed by atoms with van der Waals surface area (Å²) in [7, 11) is 3.64. The van der Waals surface area contributed by atoms with E-state index in [0.717, 1.165) is 0 Å². The molecule has 18 heavy (non-hydrogen) atoms. The lowest BCUT2D eigenvalue weighted by Crippen LogP contribution is -2.15. The van der Waals surface area contributed by atoms with Gasteiger partial charge in [-0.1, -0.05) is 23.2 Å². The molecular weight excluding hydrogens is 273 g/mol. The molecule has 1 heterocycles. The Balaban J connectivity index is 2.60. The van der Waals surface area contributed by atoms with Gasteiger partial charge in [0.2, 0.25) is 11.9 Å². The number of benzene rings is 1. The van der Waals surface area contributed by atoms with Crippen molar-refractivity contribution in [1.29, 1.82) is 0 Å². The predicted molar refractivity (Wildman–Crippen MR) is 74.0 cm³/mol. The molecule has 2 rings (SSSR count). The van der Waals surface area contributed by atoms with E-state index in [4.69, 9.17) is 28.9 Å². The van der Waals surface area contributed by atoms with Crippen molar-refractivity contribution in [2.24, 2.45) is 0 Å². The summed E-state index contributed by atoms with van der Waals surface area (Å²) in [5.74, 6) is 1.01. The summed E-state index contributed by atoms with van der Waals surface area (Å²) in [4.78, 5) is 14.1. The summed E-state index contributed by atoms with van der Waals surface area (Å²) < 4.78 is 0. The number of rotatable bonds is 2. The summed E-state index contributed by atoms with van der Waals surface area (Å²) in [5, 5.41) is 1.06. The van der Waals surface area contributed by atoms with E-state index in [1.165, 1.54) is 0 Å². The van der Waals surface area contributed by atoms with Crippen molar-refractivity contribution >= 4 is 35.1 Å². The first-order valence-corrected chi connectivity index (χ1v) is 5.87. The fourth-order valence-corrected chi connectivity index (χ4v) is 1.74. The second-order valence-electron chi connectivity index (χ2n) is 3.84. The van der Waals surface area contributed by atoms with Crippen LogP contribution in [-0.4, -0.2) is 29.0 Å². The highest BCUT2D eigenvalue weighted by Crippen LogP contribution is 2.29. The first kappa shape index (κ1) is 12.9. The highest BCUT2D eigenvalue weighted by molar-refractivity contribution is 6.35. The summed E-state index contributed by atoms with van der Waals surface area (Å²) in [6, 6.07) is 5.08. The largest absolute Gasteiger partial charge is 0.368 e. The zero-order chi connectivity index (χ0) is 13.3. The van der Waals surface area contributed by atoms with Crippen LogP contribution in [0, 0.1) is 0 Å². The van der Waals surface area contributed by atoms with Crippen molar-refractivity contribution < 1.29 is 0 Å². The van der Waals surface area contributed by atoms with E-state index < -0.39 is 0 Å². The molecule has 0 aliphatic heterocycles. The molecule has 0 radical (unpaired) electrons. The molecule has 1 aromatic carbocycles. The van der Waals surface area contributed by atoms with Crippen molar-refractivity contribution in [1.82, 2.24) is 15.0 Å². The predicted octanol–water partition coefficient (Wildman–Crippen LogP) is 2.49. The van der Waals surface area contributed by atoms with Crippen LogP contribution in [0.3, 0.4) is 0 Å². The lowest BCUT2D eigenvalue weighted by Gasteiger charge is -2.12. The van der Waals surface area contributed by atoms with Crippen LogP contribution in [0.1, 0.15) is 0 Å². The zero-order valence-electron chi connectivity index (χ0n) is 9.85. The van der Waals surface area contributed by atoms with Crippen LogP contribution < -0.4 is 10.6 Å². The van der Waals surface area contributed by atoms with E-state index in [1.54, 1.807) is 23.1 Å². The van der Waals surface area contributed by atoms with Crippen LogP contribution in [0.15, 0.2) is 18.2 Å². The van der Waals surface area contributed by atoms with Crippen LogP contribution in [0.2, 0.25) is 10.0 Å². The van der Waals surface area contributed by atoms with Crippen molar-refractivity contribution in [3.63, 3.8) is 0 Å². The van der Waals surface area contributed by atoms with Crippen molar-refractivity contribution in [2.45, 2.75) is 0 Å². The Hall–Kier alpha value is -1.59. The monoisotopic (exact) mass is 283 g/mol. The van der Waals surface area contributed by atoms with E-state index in [-0.39, 0.29) is 5.95 Å². The van der Waals surface area contributed by atoms with Gasteiger partial charge in [0, 0.05) is 24.7 Å². The summed E-state index contributed by atoms with van der Waals surface area (Å²) in [5.41, 5.74) is 6.28. The number of nitrogen functional groups attached to an aromatic ring is 1. The third-order valence-corrected chi connectivity index (χ3v) is 2.77. The molecule has 2 aromatic rings. The number of nitrogens with two attached hydrogens (primary N) is 1.